The summed E-state index contributed by atoms with van der Waals surface area (Å²) < 4.78 is 5.54. The Hall–Kier alpha value is -0.320. The average molecular weight is 263 g/mol. The maximum atomic E-state index is 12.3. The van der Waals surface area contributed by atoms with Crippen LogP contribution in [0.5, 0.6) is 0 Å². The van der Waals surface area contributed by atoms with Crippen molar-refractivity contribution in [3.8, 4) is 0 Å². The first kappa shape index (κ1) is 14.7. The van der Waals surface area contributed by atoms with Crippen LogP contribution in [0.1, 0.15) is 33.1 Å². The standard InChI is InChI=1S/C12H22N2O2.ClH/c1-8-9(2)16-6-5-14(8)12(15)10-3-4-11(13)7-10;/h8-11H,3-7,13H2,1-2H3;1H. The Kier molecular flexibility index (Phi) is 5.22. The number of carbonyl (C=O) groups is 1. The summed E-state index contributed by atoms with van der Waals surface area (Å²) in [5.74, 6) is 0.443. The first-order valence-corrected chi connectivity index (χ1v) is 6.27. The summed E-state index contributed by atoms with van der Waals surface area (Å²) in [6, 6.07) is 0.417. The van der Waals surface area contributed by atoms with E-state index in [0.29, 0.717) is 6.61 Å². The van der Waals surface area contributed by atoms with E-state index in [1.54, 1.807) is 0 Å². The van der Waals surface area contributed by atoms with Crippen LogP contribution in [0.2, 0.25) is 0 Å². The molecular formula is C12H23ClN2O2. The van der Waals surface area contributed by atoms with Crippen molar-refractivity contribution < 1.29 is 9.53 Å². The van der Waals surface area contributed by atoms with Crippen LogP contribution in [-0.2, 0) is 9.53 Å². The van der Waals surface area contributed by atoms with Gasteiger partial charge < -0.3 is 15.4 Å². The van der Waals surface area contributed by atoms with Gasteiger partial charge in [-0.15, -0.1) is 12.4 Å². The third-order valence-electron chi connectivity index (χ3n) is 3.99. The number of nitrogens with zero attached hydrogens (tertiary/aromatic N) is 1. The molecule has 5 heteroatoms. The van der Waals surface area contributed by atoms with Gasteiger partial charge in [0.2, 0.25) is 5.91 Å². The van der Waals surface area contributed by atoms with Gasteiger partial charge >= 0.3 is 0 Å². The average Bonchev–Trinajstić information content (AvgIpc) is 2.68. The van der Waals surface area contributed by atoms with Crippen LogP contribution >= 0.6 is 12.4 Å². The van der Waals surface area contributed by atoms with E-state index in [4.69, 9.17) is 10.5 Å². The molecule has 4 nitrogen and oxygen atoms in total. The maximum Gasteiger partial charge on any atom is 0.226 e. The molecule has 0 bridgehead atoms. The Morgan fingerprint density at radius 1 is 1.35 bits per heavy atom. The predicted molar refractivity (Wildman–Crippen MR) is 69.2 cm³/mol. The molecule has 17 heavy (non-hydrogen) atoms. The van der Waals surface area contributed by atoms with Gasteiger partial charge in [-0.05, 0) is 33.1 Å². The van der Waals surface area contributed by atoms with Crippen molar-refractivity contribution in [2.75, 3.05) is 13.2 Å². The number of carbonyl (C=O) groups excluding carboxylic acids is 1. The summed E-state index contributed by atoms with van der Waals surface area (Å²) in [4.78, 5) is 14.3. The topological polar surface area (TPSA) is 55.6 Å². The van der Waals surface area contributed by atoms with Gasteiger partial charge in [0.15, 0.2) is 0 Å². The molecule has 1 saturated heterocycles. The zero-order chi connectivity index (χ0) is 11.7. The molecule has 2 rings (SSSR count). The van der Waals surface area contributed by atoms with Crippen LogP contribution in [-0.4, -0.2) is 42.1 Å². The number of hydrogen-bond donors (Lipinski definition) is 1. The number of ether oxygens (including phenoxy) is 1. The number of hydrogen-bond acceptors (Lipinski definition) is 3. The molecule has 1 amide bonds. The fourth-order valence-electron chi connectivity index (χ4n) is 2.72. The lowest BCUT2D eigenvalue weighted by molar-refractivity contribution is -0.148. The Labute approximate surface area is 109 Å². The fraction of sp³-hybridized carbons (Fsp3) is 0.917. The van der Waals surface area contributed by atoms with Gasteiger partial charge in [-0.1, -0.05) is 0 Å². The first-order valence-electron chi connectivity index (χ1n) is 6.27. The van der Waals surface area contributed by atoms with Crippen molar-refractivity contribution >= 4 is 18.3 Å². The number of halogens is 1. The lowest BCUT2D eigenvalue weighted by Gasteiger charge is -2.39. The van der Waals surface area contributed by atoms with Crippen LogP contribution in [0.4, 0.5) is 0 Å². The van der Waals surface area contributed by atoms with Gasteiger partial charge in [0.05, 0.1) is 18.8 Å². The number of morpholine rings is 1. The minimum atomic E-state index is 0. The van der Waals surface area contributed by atoms with Crippen molar-refractivity contribution in [1.29, 1.82) is 0 Å². The lowest BCUT2D eigenvalue weighted by atomic mass is 10.0. The monoisotopic (exact) mass is 262 g/mol. The van der Waals surface area contributed by atoms with E-state index in [2.05, 4.69) is 6.92 Å². The summed E-state index contributed by atoms with van der Waals surface area (Å²) in [6.45, 7) is 5.49. The van der Waals surface area contributed by atoms with Crippen molar-refractivity contribution in [1.82, 2.24) is 4.90 Å². The highest BCUT2D eigenvalue weighted by atomic mass is 35.5. The summed E-state index contributed by atoms with van der Waals surface area (Å²) in [5.41, 5.74) is 5.86. The van der Waals surface area contributed by atoms with Gasteiger partial charge in [0.25, 0.3) is 0 Å². The Morgan fingerprint density at radius 3 is 2.65 bits per heavy atom. The quantitative estimate of drug-likeness (QED) is 0.772. The van der Waals surface area contributed by atoms with E-state index in [1.165, 1.54) is 0 Å². The van der Waals surface area contributed by atoms with E-state index < -0.39 is 0 Å². The molecule has 2 aliphatic rings. The molecule has 1 heterocycles. The van der Waals surface area contributed by atoms with E-state index >= 15 is 0 Å². The first-order chi connectivity index (χ1) is 7.59. The second-order valence-electron chi connectivity index (χ2n) is 5.12. The van der Waals surface area contributed by atoms with Gasteiger partial charge in [-0.3, -0.25) is 4.79 Å². The highest BCUT2D eigenvalue weighted by Gasteiger charge is 2.35. The number of amides is 1. The number of nitrogens with two attached hydrogens (primary N) is 1. The predicted octanol–water partition coefficient (Wildman–Crippen LogP) is 1.17. The maximum absolute atomic E-state index is 12.3. The van der Waals surface area contributed by atoms with Crippen LogP contribution in [0.3, 0.4) is 0 Å². The summed E-state index contributed by atoms with van der Waals surface area (Å²) in [6.07, 6.45) is 2.95. The molecule has 0 spiro atoms. The molecule has 0 aromatic heterocycles. The van der Waals surface area contributed by atoms with Crippen LogP contribution in [0, 0.1) is 5.92 Å². The van der Waals surface area contributed by atoms with E-state index in [-0.39, 0.29) is 42.4 Å². The molecule has 100 valence electrons. The molecule has 1 aliphatic heterocycles. The minimum Gasteiger partial charge on any atom is -0.375 e. The molecule has 4 atom stereocenters. The largest absolute Gasteiger partial charge is 0.375 e. The number of rotatable bonds is 1. The normalized spacial score (nSPS) is 37.7. The zero-order valence-electron chi connectivity index (χ0n) is 10.6. The van der Waals surface area contributed by atoms with Gasteiger partial charge in [0, 0.05) is 18.5 Å². The van der Waals surface area contributed by atoms with Gasteiger partial charge in [0.1, 0.15) is 0 Å². The Balaban J connectivity index is 0.00000144. The minimum absolute atomic E-state index is 0. The Bertz CT molecular complexity index is 275. The van der Waals surface area contributed by atoms with E-state index in [1.807, 2.05) is 11.8 Å². The van der Waals surface area contributed by atoms with Gasteiger partial charge in [-0.25, -0.2) is 0 Å². The van der Waals surface area contributed by atoms with Crippen molar-refractivity contribution in [2.24, 2.45) is 11.7 Å². The lowest BCUT2D eigenvalue weighted by Crippen LogP contribution is -2.52. The molecular weight excluding hydrogens is 240 g/mol. The highest BCUT2D eigenvalue weighted by Crippen LogP contribution is 2.28. The second kappa shape index (κ2) is 6.03. The zero-order valence-corrected chi connectivity index (χ0v) is 11.4. The van der Waals surface area contributed by atoms with Gasteiger partial charge in [-0.2, -0.15) is 0 Å². The highest BCUT2D eigenvalue weighted by molar-refractivity contribution is 5.85. The molecule has 2 fully saturated rings. The van der Waals surface area contributed by atoms with Crippen LogP contribution < -0.4 is 5.73 Å². The third kappa shape index (κ3) is 3.12. The Morgan fingerprint density at radius 2 is 2.06 bits per heavy atom. The SMILES string of the molecule is CC1OCCN(C(=O)C2CCC(N)C2)C1C.Cl. The van der Waals surface area contributed by atoms with E-state index in [0.717, 1.165) is 25.8 Å². The van der Waals surface area contributed by atoms with Crippen molar-refractivity contribution in [2.45, 2.75) is 51.3 Å². The van der Waals surface area contributed by atoms with E-state index in [9.17, 15) is 4.79 Å². The third-order valence-corrected chi connectivity index (χ3v) is 3.99. The molecule has 0 aromatic carbocycles. The van der Waals surface area contributed by atoms with Crippen LogP contribution in [0.15, 0.2) is 0 Å². The molecule has 2 N–H and O–H groups in total. The molecule has 4 unspecified atom stereocenters. The van der Waals surface area contributed by atoms with Crippen molar-refractivity contribution in [3.05, 3.63) is 0 Å². The second-order valence-corrected chi connectivity index (χ2v) is 5.12. The van der Waals surface area contributed by atoms with Crippen LogP contribution in [0.25, 0.3) is 0 Å². The molecule has 1 saturated carbocycles. The summed E-state index contributed by atoms with van der Waals surface area (Å²) in [7, 11) is 0. The summed E-state index contributed by atoms with van der Waals surface area (Å²) in [5, 5.41) is 0. The molecule has 0 radical (unpaired) electrons. The molecule has 1 aliphatic carbocycles. The van der Waals surface area contributed by atoms with Crippen molar-refractivity contribution in [3.63, 3.8) is 0 Å². The fourth-order valence-corrected chi connectivity index (χ4v) is 2.72. The smallest absolute Gasteiger partial charge is 0.226 e. The summed E-state index contributed by atoms with van der Waals surface area (Å²) >= 11 is 0. The molecule has 0 aromatic rings.